The number of hydrogen-bond acceptors (Lipinski definition) is 11. The molecule has 0 amide bonds. The Balaban J connectivity index is 2.11. The molecule has 28 heavy (non-hydrogen) atoms. The Labute approximate surface area is 161 Å². The molecule has 1 unspecified atom stereocenters. The van der Waals surface area contributed by atoms with Gasteiger partial charge in [-0.1, -0.05) is 0 Å². The standard InChI is InChI=1S/C15H29N3O10/c1-2-17-15(16)18-13-10(24)9(23)12(6(4-20)26-13)28-14-11(25)8(22)7(21)5(3-19)27-14/h5-14,19-25H,2-4H2,1H3,(H3,16,17,18)/t5-,6-,7+,8+,9-,10-,11-,12-,13?,14+/m1/s1. The second kappa shape index (κ2) is 10.1. The lowest BCUT2D eigenvalue weighted by Gasteiger charge is -2.46. The van der Waals surface area contributed by atoms with Crippen LogP contribution < -0.4 is 11.1 Å². The van der Waals surface area contributed by atoms with Crippen molar-refractivity contribution in [1.29, 1.82) is 0 Å². The molecule has 2 rings (SSSR count). The first-order valence-electron chi connectivity index (χ1n) is 8.90. The minimum Gasteiger partial charge on any atom is -0.394 e. The fourth-order valence-corrected chi connectivity index (χ4v) is 3.07. The molecule has 164 valence electrons. The van der Waals surface area contributed by atoms with Gasteiger partial charge in [-0.25, -0.2) is 0 Å². The zero-order valence-electron chi connectivity index (χ0n) is 15.3. The van der Waals surface area contributed by atoms with Crippen LogP contribution in [-0.2, 0) is 14.2 Å². The fourth-order valence-electron chi connectivity index (χ4n) is 3.07. The van der Waals surface area contributed by atoms with Crippen molar-refractivity contribution in [3.05, 3.63) is 0 Å². The summed E-state index contributed by atoms with van der Waals surface area (Å²) >= 11 is 0. The lowest BCUT2D eigenvalue weighted by Crippen LogP contribution is -2.67. The van der Waals surface area contributed by atoms with E-state index >= 15 is 0 Å². The maximum Gasteiger partial charge on any atom is 0.190 e. The van der Waals surface area contributed by atoms with E-state index in [1.165, 1.54) is 0 Å². The molecule has 10 N–H and O–H groups in total. The second-order valence-corrected chi connectivity index (χ2v) is 6.56. The monoisotopic (exact) mass is 411 g/mol. The Kier molecular flexibility index (Phi) is 8.32. The highest BCUT2D eigenvalue weighted by Gasteiger charge is 2.50. The van der Waals surface area contributed by atoms with Crippen LogP contribution in [0.25, 0.3) is 0 Å². The van der Waals surface area contributed by atoms with Gasteiger partial charge in [0.2, 0.25) is 0 Å². The van der Waals surface area contributed by atoms with Gasteiger partial charge in [0.1, 0.15) is 48.8 Å². The Morgan fingerprint density at radius 2 is 1.57 bits per heavy atom. The van der Waals surface area contributed by atoms with Gasteiger partial charge in [-0.2, -0.15) is 0 Å². The van der Waals surface area contributed by atoms with Gasteiger partial charge in [0.05, 0.1) is 13.2 Å². The van der Waals surface area contributed by atoms with Crippen LogP contribution in [-0.4, -0.2) is 123 Å². The van der Waals surface area contributed by atoms with Gasteiger partial charge in [0.25, 0.3) is 0 Å². The summed E-state index contributed by atoms with van der Waals surface area (Å²) in [5, 5.41) is 71.8. The smallest absolute Gasteiger partial charge is 0.190 e. The number of aliphatic hydroxyl groups is 7. The molecule has 2 aliphatic heterocycles. The summed E-state index contributed by atoms with van der Waals surface area (Å²) in [5.41, 5.74) is 5.61. The lowest BCUT2D eigenvalue weighted by atomic mass is 9.96. The first-order valence-corrected chi connectivity index (χ1v) is 8.90. The van der Waals surface area contributed by atoms with Crippen molar-refractivity contribution in [2.75, 3.05) is 19.8 Å². The fraction of sp³-hybridized carbons (Fsp3) is 0.933. The Hall–Kier alpha value is -1.13. The largest absolute Gasteiger partial charge is 0.394 e. The Morgan fingerprint density at radius 1 is 0.929 bits per heavy atom. The lowest BCUT2D eigenvalue weighted by molar-refractivity contribution is -0.342. The van der Waals surface area contributed by atoms with Crippen molar-refractivity contribution in [1.82, 2.24) is 5.32 Å². The van der Waals surface area contributed by atoms with Gasteiger partial charge in [0.15, 0.2) is 18.5 Å². The summed E-state index contributed by atoms with van der Waals surface area (Å²) in [6, 6.07) is 0. The third-order valence-electron chi connectivity index (χ3n) is 4.62. The van der Waals surface area contributed by atoms with Crippen molar-refractivity contribution in [3.8, 4) is 0 Å². The molecule has 13 heteroatoms. The molecule has 0 bridgehead atoms. The Bertz CT molecular complexity index is 522. The van der Waals surface area contributed by atoms with E-state index < -0.39 is 74.6 Å². The van der Waals surface area contributed by atoms with Crippen LogP contribution in [0.15, 0.2) is 4.99 Å². The zero-order valence-corrected chi connectivity index (χ0v) is 15.3. The molecule has 2 aliphatic rings. The van der Waals surface area contributed by atoms with Crippen molar-refractivity contribution >= 4 is 5.96 Å². The van der Waals surface area contributed by atoms with Crippen LogP contribution in [0.4, 0.5) is 0 Å². The SMILES string of the molecule is CCN=C(N)NC1O[C@H](CO)[C@@H](O[C@@H]2O[C@H](CO)[C@H](O)[C@H](O)[C@H]2O)[C@H](O)[C@H]1O. The minimum absolute atomic E-state index is 0.0382. The first-order chi connectivity index (χ1) is 13.2. The highest BCUT2D eigenvalue weighted by atomic mass is 16.7. The normalized spacial score (nSPS) is 45.1. The molecule has 2 fully saturated rings. The number of guanidine groups is 1. The summed E-state index contributed by atoms with van der Waals surface area (Å²) in [6.45, 7) is 0.816. The van der Waals surface area contributed by atoms with Crippen LogP contribution >= 0.6 is 0 Å². The predicted octanol–water partition coefficient (Wildman–Crippen LogP) is -5.47. The number of aliphatic imine (C=N–C) groups is 1. The summed E-state index contributed by atoms with van der Waals surface area (Å²) in [4.78, 5) is 3.87. The van der Waals surface area contributed by atoms with E-state index in [-0.39, 0.29) is 5.96 Å². The van der Waals surface area contributed by atoms with Crippen LogP contribution in [0, 0.1) is 0 Å². The quantitative estimate of drug-likeness (QED) is 0.148. The van der Waals surface area contributed by atoms with Gasteiger partial charge < -0.3 is 61.0 Å². The average molecular weight is 411 g/mol. The minimum atomic E-state index is -1.72. The topological polar surface area (TPSA) is 220 Å². The number of nitrogens with one attached hydrogen (secondary N) is 1. The van der Waals surface area contributed by atoms with Gasteiger partial charge in [-0.15, -0.1) is 0 Å². The van der Waals surface area contributed by atoms with Crippen LogP contribution in [0.1, 0.15) is 6.92 Å². The molecule has 2 saturated heterocycles. The number of aliphatic hydroxyl groups excluding tert-OH is 7. The summed E-state index contributed by atoms with van der Waals surface area (Å²) < 4.78 is 16.1. The van der Waals surface area contributed by atoms with E-state index in [0.717, 1.165) is 0 Å². The predicted molar refractivity (Wildman–Crippen MR) is 91.7 cm³/mol. The molecule has 0 aromatic rings. The van der Waals surface area contributed by atoms with Crippen LogP contribution in [0.3, 0.4) is 0 Å². The van der Waals surface area contributed by atoms with Gasteiger partial charge in [-0.3, -0.25) is 4.99 Å². The summed E-state index contributed by atoms with van der Waals surface area (Å²) in [5.74, 6) is -0.0382. The number of nitrogens with zero attached hydrogens (tertiary/aromatic N) is 1. The van der Waals surface area contributed by atoms with Gasteiger partial charge >= 0.3 is 0 Å². The van der Waals surface area contributed by atoms with Crippen molar-refractivity contribution in [2.24, 2.45) is 10.7 Å². The number of nitrogens with two attached hydrogens (primary N) is 1. The highest BCUT2D eigenvalue weighted by Crippen LogP contribution is 2.28. The molecule has 0 aliphatic carbocycles. The van der Waals surface area contributed by atoms with E-state index in [1.807, 2.05) is 0 Å². The molecule has 0 saturated carbocycles. The molecule has 13 nitrogen and oxygen atoms in total. The number of rotatable bonds is 6. The van der Waals surface area contributed by atoms with Crippen LogP contribution in [0.5, 0.6) is 0 Å². The van der Waals surface area contributed by atoms with Crippen molar-refractivity contribution in [2.45, 2.75) is 68.3 Å². The molecule has 0 aromatic heterocycles. The maximum atomic E-state index is 10.4. The summed E-state index contributed by atoms with van der Waals surface area (Å²) in [6.07, 6.45) is -14.7. The van der Waals surface area contributed by atoms with Crippen molar-refractivity contribution in [3.63, 3.8) is 0 Å². The third kappa shape index (κ3) is 4.88. The van der Waals surface area contributed by atoms with Crippen molar-refractivity contribution < 1.29 is 50.0 Å². The first kappa shape index (κ1) is 23.2. The van der Waals surface area contributed by atoms with E-state index in [9.17, 15) is 35.7 Å². The average Bonchev–Trinajstić information content (AvgIpc) is 2.67. The van der Waals surface area contributed by atoms with Gasteiger partial charge in [0, 0.05) is 6.54 Å². The van der Waals surface area contributed by atoms with E-state index in [0.29, 0.717) is 6.54 Å². The molecule has 2 heterocycles. The molecular formula is C15H29N3O10. The van der Waals surface area contributed by atoms with E-state index in [1.54, 1.807) is 6.92 Å². The molecular weight excluding hydrogens is 382 g/mol. The molecule has 10 atom stereocenters. The van der Waals surface area contributed by atoms with E-state index in [4.69, 9.17) is 19.9 Å². The zero-order chi connectivity index (χ0) is 21.0. The third-order valence-corrected chi connectivity index (χ3v) is 4.62. The molecule has 0 spiro atoms. The summed E-state index contributed by atoms with van der Waals surface area (Å²) in [7, 11) is 0. The van der Waals surface area contributed by atoms with Crippen LogP contribution in [0.2, 0.25) is 0 Å². The maximum absolute atomic E-state index is 10.4. The van der Waals surface area contributed by atoms with E-state index in [2.05, 4.69) is 10.3 Å². The molecule has 0 radical (unpaired) electrons. The van der Waals surface area contributed by atoms with Gasteiger partial charge in [-0.05, 0) is 6.92 Å². The second-order valence-electron chi connectivity index (χ2n) is 6.56. The molecule has 0 aromatic carbocycles. The number of hydrogen-bond donors (Lipinski definition) is 9. The highest BCUT2D eigenvalue weighted by molar-refractivity contribution is 5.78. The number of ether oxygens (including phenoxy) is 3. The Morgan fingerprint density at radius 3 is 2.14 bits per heavy atom.